The molecule has 3 nitrogen and oxygen atoms in total. The normalized spacial score (nSPS) is 11.3. The van der Waals surface area contributed by atoms with Crippen molar-refractivity contribution in [3.63, 3.8) is 0 Å². The molecule has 1 heterocycles. The number of halogens is 1. The molecule has 0 aliphatic carbocycles. The van der Waals surface area contributed by atoms with Crippen LogP contribution in [0.15, 0.2) is 39.5 Å². The Morgan fingerprint density at radius 2 is 2.00 bits per heavy atom. The highest BCUT2D eigenvalue weighted by molar-refractivity contribution is 6.38. The molecule has 0 unspecified atom stereocenters. The van der Waals surface area contributed by atoms with Crippen LogP contribution in [0.5, 0.6) is 5.75 Å². The number of phenols is 1. The second-order valence-electron chi connectivity index (χ2n) is 4.75. The van der Waals surface area contributed by atoms with Crippen LogP contribution in [0.1, 0.15) is 18.9 Å². The molecule has 0 spiro atoms. The molecular formula is C16H13ClO3. The zero-order chi connectivity index (χ0) is 14.3. The average molecular weight is 289 g/mol. The molecule has 4 heteroatoms. The molecule has 0 saturated heterocycles. The highest BCUT2D eigenvalue weighted by Gasteiger charge is 2.17. The third-order valence-corrected chi connectivity index (χ3v) is 3.83. The van der Waals surface area contributed by atoms with Gasteiger partial charge in [-0.05, 0) is 24.1 Å². The van der Waals surface area contributed by atoms with E-state index in [1.807, 2.05) is 19.1 Å². The molecule has 20 heavy (non-hydrogen) atoms. The van der Waals surface area contributed by atoms with Crippen LogP contribution in [-0.2, 0) is 6.42 Å². The van der Waals surface area contributed by atoms with Gasteiger partial charge in [-0.1, -0.05) is 43.1 Å². The smallest absolute Gasteiger partial charge is 0.348 e. The van der Waals surface area contributed by atoms with Gasteiger partial charge in [0.2, 0.25) is 0 Å². The predicted octanol–water partition coefficient (Wildman–Crippen LogP) is 4.26. The zero-order valence-corrected chi connectivity index (χ0v) is 11.7. The molecule has 0 radical (unpaired) electrons. The molecule has 3 aromatic rings. The lowest BCUT2D eigenvalue weighted by Gasteiger charge is -2.10. The topological polar surface area (TPSA) is 50.4 Å². The maximum atomic E-state index is 12.0. The summed E-state index contributed by atoms with van der Waals surface area (Å²) >= 11 is 6.45. The van der Waals surface area contributed by atoms with E-state index in [2.05, 4.69) is 0 Å². The lowest BCUT2D eigenvalue weighted by molar-refractivity contribution is 0.477. The van der Waals surface area contributed by atoms with E-state index in [4.69, 9.17) is 16.0 Å². The van der Waals surface area contributed by atoms with E-state index in [9.17, 15) is 9.90 Å². The molecule has 3 rings (SSSR count). The fraction of sp³-hybridized carbons (Fsp3) is 0.188. The van der Waals surface area contributed by atoms with Gasteiger partial charge in [0.05, 0.1) is 5.02 Å². The third kappa shape index (κ3) is 1.86. The number of aromatic hydroxyl groups is 1. The monoisotopic (exact) mass is 288 g/mol. The molecule has 2 aromatic carbocycles. The van der Waals surface area contributed by atoms with Crippen molar-refractivity contribution < 1.29 is 9.52 Å². The van der Waals surface area contributed by atoms with Crippen molar-refractivity contribution in [1.29, 1.82) is 0 Å². The Morgan fingerprint density at radius 3 is 2.75 bits per heavy atom. The van der Waals surface area contributed by atoms with Crippen molar-refractivity contribution in [2.24, 2.45) is 0 Å². The summed E-state index contributed by atoms with van der Waals surface area (Å²) < 4.78 is 5.24. The number of hydrogen-bond donors (Lipinski definition) is 1. The second-order valence-corrected chi connectivity index (χ2v) is 5.13. The van der Waals surface area contributed by atoms with E-state index in [0.29, 0.717) is 16.0 Å². The molecular weight excluding hydrogens is 276 g/mol. The quantitative estimate of drug-likeness (QED) is 0.566. The zero-order valence-electron chi connectivity index (χ0n) is 10.9. The first-order valence-corrected chi connectivity index (χ1v) is 6.87. The Morgan fingerprint density at radius 1 is 1.25 bits per heavy atom. The molecule has 0 aliphatic rings. The first kappa shape index (κ1) is 13.0. The number of phenolic OH excluding ortho intramolecular Hbond substituents is 1. The summed E-state index contributed by atoms with van der Waals surface area (Å²) in [5, 5.41) is 12.1. The Kier molecular flexibility index (Phi) is 3.14. The van der Waals surface area contributed by atoms with Crippen LogP contribution >= 0.6 is 11.6 Å². The van der Waals surface area contributed by atoms with Gasteiger partial charge in [-0.25, -0.2) is 4.79 Å². The largest absolute Gasteiger partial charge is 0.507 e. The summed E-state index contributed by atoms with van der Waals surface area (Å²) in [5.41, 5.74) is 0.746. The Labute approximate surface area is 120 Å². The minimum absolute atomic E-state index is 0.0765. The Hall–Kier alpha value is -2.00. The molecule has 0 bridgehead atoms. The molecule has 0 aliphatic heterocycles. The number of aryl methyl sites for hydroxylation is 1. The van der Waals surface area contributed by atoms with Gasteiger partial charge in [0.25, 0.3) is 0 Å². The van der Waals surface area contributed by atoms with Gasteiger partial charge in [0, 0.05) is 10.8 Å². The predicted molar refractivity (Wildman–Crippen MR) is 80.7 cm³/mol. The molecule has 1 aromatic heterocycles. The first-order valence-electron chi connectivity index (χ1n) is 6.49. The van der Waals surface area contributed by atoms with E-state index >= 15 is 0 Å². The van der Waals surface area contributed by atoms with Crippen molar-refractivity contribution in [2.45, 2.75) is 19.8 Å². The number of rotatable bonds is 2. The highest BCUT2D eigenvalue weighted by Crippen LogP contribution is 2.37. The van der Waals surface area contributed by atoms with E-state index < -0.39 is 5.63 Å². The van der Waals surface area contributed by atoms with Crippen LogP contribution in [0.3, 0.4) is 0 Å². The van der Waals surface area contributed by atoms with Crippen LogP contribution < -0.4 is 5.63 Å². The highest BCUT2D eigenvalue weighted by atomic mass is 35.5. The lowest BCUT2D eigenvalue weighted by Crippen LogP contribution is -2.02. The summed E-state index contributed by atoms with van der Waals surface area (Å²) in [6.07, 6.45) is 1.65. The van der Waals surface area contributed by atoms with Gasteiger partial charge in [-0.15, -0.1) is 0 Å². The summed E-state index contributed by atoms with van der Waals surface area (Å²) in [6, 6.07) is 8.75. The second kappa shape index (κ2) is 4.84. The van der Waals surface area contributed by atoms with Crippen molar-refractivity contribution in [2.75, 3.05) is 0 Å². The van der Waals surface area contributed by atoms with E-state index in [1.165, 1.54) is 0 Å². The van der Waals surface area contributed by atoms with Crippen LogP contribution in [0, 0.1) is 0 Å². The molecule has 0 amide bonds. The Balaban J connectivity index is 2.58. The average Bonchev–Trinajstić information content (AvgIpc) is 2.43. The van der Waals surface area contributed by atoms with Gasteiger partial charge in [-0.2, -0.15) is 0 Å². The molecule has 0 atom stereocenters. The standard InChI is InChI=1S/C16H13ClO3/c1-2-5-9-8-11(18)14-13(15(9)17)10-6-3-4-7-12(10)20-16(14)19/h3-4,6-8,18H,2,5H2,1H3. The fourth-order valence-corrected chi connectivity index (χ4v) is 2.87. The number of fused-ring (bicyclic) bond motifs is 3. The van der Waals surface area contributed by atoms with Crippen LogP contribution in [0.4, 0.5) is 0 Å². The van der Waals surface area contributed by atoms with Crippen LogP contribution in [-0.4, -0.2) is 5.11 Å². The minimum atomic E-state index is -0.568. The SMILES string of the molecule is CCCc1cc(O)c2c(=O)oc3ccccc3c2c1Cl. The van der Waals surface area contributed by atoms with E-state index in [-0.39, 0.29) is 11.1 Å². The van der Waals surface area contributed by atoms with Gasteiger partial charge >= 0.3 is 5.63 Å². The first-order chi connectivity index (χ1) is 9.63. The van der Waals surface area contributed by atoms with Crippen LogP contribution in [0.2, 0.25) is 5.02 Å². The fourth-order valence-electron chi connectivity index (χ4n) is 2.52. The van der Waals surface area contributed by atoms with Crippen molar-refractivity contribution in [3.05, 3.63) is 51.3 Å². The maximum absolute atomic E-state index is 12.0. The third-order valence-electron chi connectivity index (χ3n) is 3.40. The number of para-hydroxylation sites is 1. The summed E-state index contributed by atoms with van der Waals surface area (Å²) in [6.45, 7) is 2.04. The van der Waals surface area contributed by atoms with Crippen LogP contribution in [0.25, 0.3) is 21.7 Å². The summed E-state index contributed by atoms with van der Waals surface area (Å²) in [7, 11) is 0. The van der Waals surface area contributed by atoms with Gasteiger partial charge in [0.15, 0.2) is 0 Å². The minimum Gasteiger partial charge on any atom is -0.507 e. The molecule has 0 fully saturated rings. The lowest BCUT2D eigenvalue weighted by atomic mass is 10.0. The van der Waals surface area contributed by atoms with E-state index in [0.717, 1.165) is 23.8 Å². The maximum Gasteiger partial charge on any atom is 0.348 e. The van der Waals surface area contributed by atoms with Gasteiger partial charge < -0.3 is 9.52 Å². The van der Waals surface area contributed by atoms with Gasteiger partial charge in [-0.3, -0.25) is 0 Å². The molecule has 102 valence electrons. The van der Waals surface area contributed by atoms with Crippen molar-refractivity contribution >= 4 is 33.3 Å². The van der Waals surface area contributed by atoms with Gasteiger partial charge in [0.1, 0.15) is 16.7 Å². The van der Waals surface area contributed by atoms with Crippen molar-refractivity contribution in [1.82, 2.24) is 0 Å². The number of benzene rings is 2. The van der Waals surface area contributed by atoms with E-state index in [1.54, 1.807) is 18.2 Å². The Bertz CT molecular complexity index is 865. The molecule has 0 saturated carbocycles. The summed E-state index contributed by atoms with van der Waals surface area (Å²) in [5.74, 6) is -0.0765. The molecule has 1 N–H and O–H groups in total. The summed E-state index contributed by atoms with van der Waals surface area (Å²) in [4.78, 5) is 12.0. The number of hydrogen-bond acceptors (Lipinski definition) is 3. The van der Waals surface area contributed by atoms with Crippen molar-refractivity contribution in [3.8, 4) is 5.75 Å².